The second-order valence-electron chi connectivity index (χ2n) is 5.91. The van der Waals surface area contributed by atoms with Gasteiger partial charge in [0.15, 0.2) is 11.5 Å². The van der Waals surface area contributed by atoms with Gasteiger partial charge in [0.2, 0.25) is 5.75 Å². The van der Waals surface area contributed by atoms with E-state index in [9.17, 15) is 18.4 Å². The molecule has 2 aromatic carbocycles. The minimum atomic E-state index is -2.55. The molecule has 0 spiro atoms. The molecule has 0 aliphatic rings. The van der Waals surface area contributed by atoms with E-state index < -0.39 is 17.6 Å². The number of benzene rings is 2. The van der Waals surface area contributed by atoms with E-state index in [1.807, 2.05) is 6.92 Å². The molecule has 0 fully saturated rings. The zero-order valence-corrected chi connectivity index (χ0v) is 18.2. The Bertz CT molecular complexity index is 867. The predicted molar refractivity (Wildman–Crippen MR) is 113 cm³/mol. The smallest absolute Gasteiger partial charge is 0.288 e. The molecule has 168 valence electrons. The number of carbonyl (C=O) groups is 2. The summed E-state index contributed by atoms with van der Waals surface area (Å²) in [5, 5.41) is 0. The molecule has 0 bridgehead atoms. The highest BCUT2D eigenvalue weighted by Gasteiger charge is 2.19. The minimum absolute atomic E-state index is 0.194. The predicted octanol–water partition coefficient (Wildman–Crippen LogP) is 4.27. The zero-order valence-electron chi connectivity index (χ0n) is 17.4. The van der Waals surface area contributed by atoms with Gasteiger partial charge in [-0.3, -0.25) is 20.4 Å². The molecule has 0 aliphatic carbocycles. The van der Waals surface area contributed by atoms with Gasteiger partial charge in [-0.2, -0.15) is 8.78 Å². The van der Waals surface area contributed by atoms with Gasteiger partial charge >= 0.3 is 0 Å². The van der Waals surface area contributed by atoms with Crippen LogP contribution in [0.2, 0.25) is 0 Å². The van der Waals surface area contributed by atoms with Crippen LogP contribution in [0, 0.1) is 0 Å². The molecule has 7 nitrogen and oxygen atoms in total. The van der Waals surface area contributed by atoms with E-state index in [1.54, 1.807) is 13.8 Å². The first-order valence-corrected chi connectivity index (χ1v) is 10.5. The van der Waals surface area contributed by atoms with Crippen LogP contribution in [0.15, 0.2) is 41.3 Å². The zero-order chi connectivity index (χ0) is 22.8. The van der Waals surface area contributed by atoms with Gasteiger partial charge < -0.3 is 14.2 Å². The Labute approximate surface area is 183 Å². The highest BCUT2D eigenvalue weighted by Crippen LogP contribution is 2.39. The van der Waals surface area contributed by atoms with E-state index in [4.69, 9.17) is 14.2 Å². The van der Waals surface area contributed by atoms with E-state index in [0.29, 0.717) is 53.7 Å². The van der Waals surface area contributed by atoms with Crippen molar-refractivity contribution in [2.24, 2.45) is 0 Å². The number of ether oxygens (including phenoxy) is 3. The Morgan fingerprint density at radius 3 is 1.77 bits per heavy atom. The summed E-state index contributed by atoms with van der Waals surface area (Å²) in [5.74, 6) is -2.64. The van der Waals surface area contributed by atoms with Gasteiger partial charge in [-0.1, -0.05) is 11.8 Å². The summed E-state index contributed by atoms with van der Waals surface area (Å²) in [7, 11) is 0. The van der Waals surface area contributed by atoms with Crippen LogP contribution >= 0.6 is 11.8 Å². The van der Waals surface area contributed by atoms with Gasteiger partial charge in [0.05, 0.1) is 19.8 Å². The van der Waals surface area contributed by atoms with E-state index in [0.717, 1.165) is 0 Å². The monoisotopic (exact) mass is 454 g/mol. The maximum absolute atomic E-state index is 12.6. The van der Waals surface area contributed by atoms with E-state index in [-0.39, 0.29) is 11.1 Å². The number of amides is 2. The van der Waals surface area contributed by atoms with Gasteiger partial charge in [-0.05, 0) is 57.2 Å². The summed E-state index contributed by atoms with van der Waals surface area (Å²) in [6.07, 6.45) is 0. The highest BCUT2D eigenvalue weighted by atomic mass is 32.2. The third-order valence-corrected chi connectivity index (χ3v) is 4.53. The SMILES string of the molecule is CCOc1cc(C(=O)NNC(=O)c2ccc(SC(F)F)cc2)cc(OCC)c1OCC. The van der Waals surface area contributed by atoms with Gasteiger partial charge in [-0.25, -0.2) is 0 Å². The molecule has 0 atom stereocenters. The molecule has 0 radical (unpaired) electrons. The van der Waals surface area contributed by atoms with E-state index >= 15 is 0 Å². The fourth-order valence-electron chi connectivity index (χ4n) is 2.57. The molecular weight excluding hydrogens is 430 g/mol. The van der Waals surface area contributed by atoms with Crippen LogP contribution in [-0.2, 0) is 0 Å². The third-order valence-electron chi connectivity index (χ3n) is 3.80. The first-order chi connectivity index (χ1) is 14.9. The molecule has 2 aromatic rings. The number of alkyl halides is 2. The maximum Gasteiger partial charge on any atom is 0.288 e. The van der Waals surface area contributed by atoms with Gasteiger partial charge in [0.1, 0.15) is 0 Å². The molecule has 0 aliphatic heterocycles. The van der Waals surface area contributed by atoms with Crippen molar-refractivity contribution in [1.29, 1.82) is 0 Å². The number of hydrazine groups is 1. The average Bonchev–Trinajstić information content (AvgIpc) is 2.74. The van der Waals surface area contributed by atoms with Crippen molar-refractivity contribution in [2.45, 2.75) is 31.4 Å². The summed E-state index contributed by atoms with van der Waals surface area (Å²) >= 11 is 0.381. The molecule has 0 heterocycles. The van der Waals surface area contributed by atoms with Crippen molar-refractivity contribution in [3.63, 3.8) is 0 Å². The van der Waals surface area contributed by atoms with Crippen LogP contribution < -0.4 is 25.1 Å². The van der Waals surface area contributed by atoms with Gasteiger partial charge in [-0.15, -0.1) is 0 Å². The number of thioether (sulfide) groups is 1. The molecule has 0 aromatic heterocycles. The second kappa shape index (κ2) is 12.0. The van der Waals surface area contributed by atoms with Crippen LogP contribution in [-0.4, -0.2) is 37.4 Å². The van der Waals surface area contributed by atoms with Crippen LogP contribution in [0.4, 0.5) is 8.78 Å². The summed E-state index contributed by atoms with van der Waals surface area (Å²) < 4.78 is 41.5. The number of rotatable bonds is 10. The lowest BCUT2D eigenvalue weighted by molar-refractivity contribution is 0.0846. The molecule has 0 saturated heterocycles. The Morgan fingerprint density at radius 1 is 0.839 bits per heavy atom. The Hall–Kier alpha value is -3.01. The topological polar surface area (TPSA) is 85.9 Å². The molecule has 0 saturated carbocycles. The van der Waals surface area contributed by atoms with Crippen LogP contribution in [0.5, 0.6) is 17.2 Å². The Morgan fingerprint density at radius 2 is 1.32 bits per heavy atom. The summed E-state index contributed by atoms with van der Waals surface area (Å²) in [5.41, 5.74) is 5.01. The van der Waals surface area contributed by atoms with Crippen LogP contribution in [0.1, 0.15) is 41.5 Å². The van der Waals surface area contributed by atoms with Gasteiger partial charge in [0, 0.05) is 16.0 Å². The number of nitrogens with one attached hydrogen (secondary N) is 2. The standard InChI is InChI=1S/C21H24F2N2O5S/c1-4-28-16-11-14(12-17(29-5-2)18(16)30-6-3)20(27)25-24-19(26)13-7-9-15(10-8-13)31-21(22)23/h7-12,21H,4-6H2,1-3H3,(H,24,26)(H,25,27). The fraction of sp³-hybridized carbons (Fsp3) is 0.333. The molecule has 2 amide bonds. The molecule has 31 heavy (non-hydrogen) atoms. The van der Waals surface area contributed by atoms with Crippen molar-refractivity contribution in [3.05, 3.63) is 47.5 Å². The molecule has 10 heteroatoms. The molecular formula is C21H24F2N2O5S. The fourth-order valence-corrected chi connectivity index (χ4v) is 3.06. The lowest BCUT2D eigenvalue weighted by Crippen LogP contribution is -2.41. The van der Waals surface area contributed by atoms with Crippen LogP contribution in [0.25, 0.3) is 0 Å². The summed E-state index contributed by atoms with van der Waals surface area (Å²) in [6.45, 7) is 6.51. The molecule has 0 unspecified atom stereocenters. The first kappa shape index (κ1) is 24.3. The Kier molecular flexibility index (Phi) is 9.39. The second-order valence-corrected chi connectivity index (χ2v) is 6.98. The largest absolute Gasteiger partial charge is 0.490 e. The maximum atomic E-state index is 12.6. The Balaban J connectivity index is 2.12. The quantitative estimate of drug-likeness (QED) is 0.412. The van der Waals surface area contributed by atoms with E-state index in [2.05, 4.69) is 10.9 Å². The number of hydrogen-bond donors (Lipinski definition) is 2. The number of carbonyl (C=O) groups excluding carboxylic acids is 2. The van der Waals surface area contributed by atoms with Gasteiger partial charge in [0.25, 0.3) is 17.6 Å². The minimum Gasteiger partial charge on any atom is -0.490 e. The third kappa shape index (κ3) is 7.02. The highest BCUT2D eigenvalue weighted by molar-refractivity contribution is 7.99. The first-order valence-electron chi connectivity index (χ1n) is 9.61. The molecule has 2 N–H and O–H groups in total. The summed E-state index contributed by atoms with van der Waals surface area (Å²) in [6, 6.07) is 8.59. The lowest BCUT2D eigenvalue weighted by Gasteiger charge is -2.17. The molecule has 2 rings (SSSR count). The summed E-state index contributed by atoms with van der Waals surface area (Å²) in [4.78, 5) is 25.1. The van der Waals surface area contributed by atoms with Crippen molar-refractivity contribution in [2.75, 3.05) is 19.8 Å². The lowest BCUT2D eigenvalue weighted by atomic mass is 10.1. The van der Waals surface area contributed by atoms with Crippen molar-refractivity contribution >= 4 is 23.6 Å². The average molecular weight is 454 g/mol. The van der Waals surface area contributed by atoms with E-state index in [1.165, 1.54) is 36.4 Å². The number of hydrogen-bond acceptors (Lipinski definition) is 6. The van der Waals surface area contributed by atoms with Crippen molar-refractivity contribution < 1.29 is 32.6 Å². The van der Waals surface area contributed by atoms with Crippen molar-refractivity contribution in [1.82, 2.24) is 10.9 Å². The normalized spacial score (nSPS) is 10.5. The van der Waals surface area contributed by atoms with Crippen LogP contribution in [0.3, 0.4) is 0 Å². The van der Waals surface area contributed by atoms with Crippen molar-refractivity contribution in [3.8, 4) is 17.2 Å². The number of halogens is 2.